The predicted molar refractivity (Wildman–Crippen MR) is 64.2 cm³/mol. The average molecular weight is 235 g/mol. The number of hydrogen-bond acceptors (Lipinski definition) is 4. The van der Waals surface area contributed by atoms with Crippen molar-refractivity contribution in [2.45, 2.75) is 45.1 Å². The molecular weight excluding hydrogens is 218 g/mol. The Kier molecular flexibility index (Phi) is 3.56. The van der Waals surface area contributed by atoms with Crippen molar-refractivity contribution in [3.63, 3.8) is 0 Å². The first kappa shape index (κ1) is 11.8. The second kappa shape index (κ2) is 5.12. The largest absolute Gasteiger partial charge is 0.478 e. The number of hydrogen-bond donors (Lipinski definition) is 2. The standard InChI is InChI=1S/C12H17N3O2/c1-2-10-9(11(16)17)7-13-12(15-10)14-8-5-3-4-6-8/h7-8H,2-6H2,1H3,(H,16,17)(H,13,14,15). The summed E-state index contributed by atoms with van der Waals surface area (Å²) in [4.78, 5) is 19.3. The monoisotopic (exact) mass is 235 g/mol. The smallest absolute Gasteiger partial charge is 0.339 e. The molecule has 0 spiro atoms. The van der Waals surface area contributed by atoms with Crippen LogP contribution < -0.4 is 5.32 Å². The van der Waals surface area contributed by atoms with E-state index in [4.69, 9.17) is 5.11 Å². The van der Waals surface area contributed by atoms with Crippen LogP contribution in [-0.2, 0) is 6.42 Å². The fourth-order valence-corrected chi connectivity index (χ4v) is 2.19. The minimum atomic E-state index is -0.964. The quantitative estimate of drug-likeness (QED) is 0.835. The number of aromatic carboxylic acids is 1. The van der Waals surface area contributed by atoms with Gasteiger partial charge in [0.15, 0.2) is 0 Å². The SMILES string of the molecule is CCc1nc(NC2CCCC2)ncc1C(=O)O. The maximum Gasteiger partial charge on any atom is 0.339 e. The Hall–Kier alpha value is -1.65. The van der Waals surface area contributed by atoms with Gasteiger partial charge in [-0.25, -0.2) is 14.8 Å². The first-order valence-corrected chi connectivity index (χ1v) is 6.06. The number of nitrogens with one attached hydrogen (secondary N) is 1. The lowest BCUT2D eigenvalue weighted by atomic mass is 10.2. The minimum Gasteiger partial charge on any atom is -0.478 e. The number of carboxylic acid groups (broad SMARTS) is 1. The van der Waals surface area contributed by atoms with Gasteiger partial charge in [0, 0.05) is 12.2 Å². The first-order chi connectivity index (χ1) is 8.20. The molecule has 2 N–H and O–H groups in total. The molecule has 0 aliphatic heterocycles. The van der Waals surface area contributed by atoms with Crippen molar-refractivity contribution in [2.24, 2.45) is 0 Å². The molecule has 17 heavy (non-hydrogen) atoms. The Morgan fingerprint density at radius 2 is 2.24 bits per heavy atom. The molecule has 1 aromatic heterocycles. The molecule has 1 saturated carbocycles. The fraction of sp³-hybridized carbons (Fsp3) is 0.583. The van der Waals surface area contributed by atoms with E-state index in [9.17, 15) is 4.79 Å². The van der Waals surface area contributed by atoms with Crippen molar-refractivity contribution in [1.82, 2.24) is 9.97 Å². The third-order valence-electron chi connectivity index (χ3n) is 3.12. The van der Waals surface area contributed by atoms with Crippen LogP contribution in [0.3, 0.4) is 0 Å². The molecule has 0 atom stereocenters. The number of carbonyl (C=O) groups is 1. The highest BCUT2D eigenvalue weighted by Gasteiger charge is 2.17. The van der Waals surface area contributed by atoms with Gasteiger partial charge in [-0.15, -0.1) is 0 Å². The van der Waals surface area contributed by atoms with E-state index in [1.54, 1.807) is 0 Å². The Balaban J connectivity index is 2.15. The van der Waals surface area contributed by atoms with E-state index in [0.717, 1.165) is 12.8 Å². The maximum absolute atomic E-state index is 10.9. The summed E-state index contributed by atoms with van der Waals surface area (Å²) in [7, 11) is 0. The summed E-state index contributed by atoms with van der Waals surface area (Å²) in [6, 6.07) is 0.440. The van der Waals surface area contributed by atoms with Crippen LogP contribution in [0.15, 0.2) is 6.20 Å². The van der Waals surface area contributed by atoms with Gasteiger partial charge < -0.3 is 10.4 Å². The lowest BCUT2D eigenvalue weighted by Crippen LogP contribution is -2.18. The van der Waals surface area contributed by atoms with Crippen LogP contribution in [0.5, 0.6) is 0 Å². The molecule has 0 aromatic carbocycles. The third kappa shape index (κ3) is 2.72. The van der Waals surface area contributed by atoms with Gasteiger partial charge in [-0.2, -0.15) is 0 Å². The van der Waals surface area contributed by atoms with Crippen molar-refractivity contribution in [3.8, 4) is 0 Å². The summed E-state index contributed by atoms with van der Waals surface area (Å²) < 4.78 is 0. The van der Waals surface area contributed by atoms with Crippen molar-refractivity contribution in [1.29, 1.82) is 0 Å². The predicted octanol–water partition coefficient (Wildman–Crippen LogP) is 2.09. The van der Waals surface area contributed by atoms with Gasteiger partial charge in [0.1, 0.15) is 0 Å². The zero-order chi connectivity index (χ0) is 12.3. The van der Waals surface area contributed by atoms with Crippen LogP contribution in [0.1, 0.15) is 48.7 Å². The third-order valence-corrected chi connectivity index (χ3v) is 3.12. The lowest BCUT2D eigenvalue weighted by Gasteiger charge is -2.12. The van der Waals surface area contributed by atoms with Crippen molar-refractivity contribution < 1.29 is 9.90 Å². The zero-order valence-corrected chi connectivity index (χ0v) is 9.94. The number of aromatic nitrogens is 2. The second-order valence-electron chi connectivity index (χ2n) is 4.34. The van der Waals surface area contributed by atoms with Crippen molar-refractivity contribution in [3.05, 3.63) is 17.5 Å². The highest BCUT2D eigenvalue weighted by molar-refractivity contribution is 5.88. The first-order valence-electron chi connectivity index (χ1n) is 6.06. The molecule has 1 aromatic rings. The van der Waals surface area contributed by atoms with Crippen LogP contribution in [0.2, 0.25) is 0 Å². The molecule has 0 bridgehead atoms. The number of aryl methyl sites for hydroxylation is 1. The highest BCUT2D eigenvalue weighted by atomic mass is 16.4. The van der Waals surface area contributed by atoms with Gasteiger partial charge in [0.05, 0.1) is 11.3 Å². The number of rotatable bonds is 4. The second-order valence-corrected chi connectivity index (χ2v) is 4.34. The molecule has 1 fully saturated rings. The molecule has 1 heterocycles. The topological polar surface area (TPSA) is 75.1 Å². The van der Waals surface area contributed by atoms with Gasteiger partial charge in [-0.1, -0.05) is 19.8 Å². The van der Waals surface area contributed by atoms with E-state index < -0.39 is 5.97 Å². The molecule has 0 saturated heterocycles. The molecule has 1 aliphatic rings. The van der Waals surface area contributed by atoms with Crippen LogP contribution in [-0.4, -0.2) is 27.1 Å². The number of anilines is 1. The summed E-state index contributed by atoms with van der Waals surface area (Å²) in [5, 5.41) is 12.2. The Morgan fingerprint density at radius 3 is 2.82 bits per heavy atom. The van der Waals surface area contributed by atoms with Crippen molar-refractivity contribution >= 4 is 11.9 Å². The van der Waals surface area contributed by atoms with Crippen LogP contribution >= 0.6 is 0 Å². The zero-order valence-electron chi connectivity index (χ0n) is 9.94. The van der Waals surface area contributed by atoms with Gasteiger partial charge in [-0.05, 0) is 19.3 Å². The van der Waals surface area contributed by atoms with E-state index in [2.05, 4.69) is 15.3 Å². The fourth-order valence-electron chi connectivity index (χ4n) is 2.19. The van der Waals surface area contributed by atoms with Crippen molar-refractivity contribution in [2.75, 3.05) is 5.32 Å². The van der Waals surface area contributed by atoms with Crippen LogP contribution in [0, 0.1) is 0 Å². The minimum absolute atomic E-state index is 0.199. The van der Waals surface area contributed by atoms with E-state index in [1.165, 1.54) is 19.0 Å². The Bertz CT molecular complexity index is 414. The summed E-state index contributed by atoms with van der Waals surface area (Å²) in [5.74, 6) is -0.409. The molecule has 0 unspecified atom stereocenters. The summed E-state index contributed by atoms with van der Waals surface area (Å²) in [6.07, 6.45) is 6.77. The number of carboxylic acids is 1. The van der Waals surface area contributed by atoms with Gasteiger partial charge in [0.25, 0.3) is 0 Å². The van der Waals surface area contributed by atoms with E-state index >= 15 is 0 Å². The molecule has 2 rings (SSSR count). The number of nitrogens with zero attached hydrogens (tertiary/aromatic N) is 2. The summed E-state index contributed by atoms with van der Waals surface area (Å²) >= 11 is 0. The van der Waals surface area contributed by atoms with E-state index in [1.807, 2.05) is 6.92 Å². The molecule has 5 nitrogen and oxygen atoms in total. The van der Waals surface area contributed by atoms with Crippen LogP contribution in [0.4, 0.5) is 5.95 Å². The van der Waals surface area contributed by atoms with E-state index in [0.29, 0.717) is 24.1 Å². The molecule has 0 amide bonds. The highest BCUT2D eigenvalue weighted by Crippen LogP contribution is 2.21. The Labute approximate surface area is 100 Å². The molecule has 92 valence electrons. The molecule has 0 radical (unpaired) electrons. The lowest BCUT2D eigenvalue weighted by molar-refractivity contribution is 0.0694. The maximum atomic E-state index is 10.9. The summed E-state index contributed by atoms with van der Waals surface area (Å²) in [5.41, 5.74) is 0.789. The summed E-state index contributed by atoms with van der Waals surface area (Å²) in [6.45, 7) is 1.90. The normalized spacial score (nSPS) is 16.1. The Morgan fingerprint density at radius 1 is 1.53 bits per heavy atom. The van der Waals surface area contributed by atoms with Gasteiger partial charge >= 0.3 is 5.97 Å². The van der Waals surface area contributed by atoms with E-state index in [-0.39, 0.29) is 5.56 Å². The van der Waals surface area contributed by atoms with Crippen LogP contribution in [0.25, 0.3) is 0 Å². The average Bonchev–Trinajstić information content (AvgIpc) is 2.81. The molecular formula is C12H17N3O2. The molecule has 1 aliphatic carbocycles. The van der Waals surface area contributed by atoms with Gasteiger partial charge in [0.2, 0.25) is 5.95 Å². The van der Waals surface area contributed by atoms with Gasteiger partial charge in [-0.3, -0.25) is 0 Å². The molecule has 5 heteroatoms.